The second-order valence-corrected chi connectivity index (χ2v) is 12.5. The summed E-state index contributed by atoms with van der Waals surface area (Å²) in [5.74, 6) is -4.17. The van der Waals surface area contributed by atoms with Gasteiger partial charge in [0.05, 0.1) is 6.26 Å². The second-order valence-electron chi connectivity index (χ2n) is 12.5. The lowest BCUT2D eigenvalue weighted by Gasteiger charge is -2.26. The highest BCUT2D eigenvalue weighted by atomic mass is 16.4. The molecular formula is C38H38BN5O8. The maximum atomic E-state index is 14.1. The minimum absolute atomic E-state index is 0.0211. The standard InChI is InChI=1S/C38H38BN5O8/c39-26-12-8-24(9-13-26)20-30-36(48)43-31(22-28-7-4-18-52-28)37(49)44-32(38(50)51)21-25-10-14-27(15-11-25)40-33(45)16-17-34(46)41-29(35(47)42-30)19-23-5-2-1-3-6-23/h1-15,18,29-32H,16-17,19-22H2,(H,40,45)(H,41,46)(H,42,47)(H,43,48)(H,44,49)(H,50,51)/t29-,30+,31-,32-/m1/s1. The average molecular weight is 704 g/mol. The minimum atomic E-state index is -1.38. The zero-order valence-electron chi connectivity index (χ0n) is 28.2. The van der Waals surface area contributed by atoms with Gasteiger partial charge < -0.3 is 36.1 Å². The molecular weight excluding hydrogens is 665 g/mol. The number of nitrogens with one attached hydrogen (secondary N) is 5. The van der Waals surface area contributed by atoms with E-state index < -0.39 is 59.7 Å². The van der Waals surface area contributed by atoms with Crippen molar-refractivity contribution in [3.63, 3.8) is 0 Å². The zero-order valence-corrected chi connectivity index (χ0v) is 28.2. The summed E-state index contributed by atoms with van der Waals surface area (Å²) in [5.41, 5.74) is 2.84. The number of amides is 5. The molecule has 0 fully saturated rings. The number of carbonyl (C=O) groups is 6. The molecule has 0 unspecified atom stereocenters. The highest BCUT2D eigenvalue weighted by Crippen LogP contribution is 2.14. The zero-order chi connectivity index (χ0) is 37.0. The largest absolute Gasteiger partial charge is 0.480 e. The van der Waals surface area contributed by atoms with E-state index in [9.17, 15) is 33.9 Å². The Bertz CT molecular complexity index is 1870. The number of aliphatic carboxylic acids is 1. The van der Waals surface area contributed by atoms with Gasteiger partial charge in [-0.25, -0.2) is 4.79 Å². The third kappa shape index (κ3) is 10.9. The molecule has 1 aromatic heterocycles. The van der Waals surface area contributed by atoms with Crippen LogP contribution >= 0.6 is 0 Å². The number of benzene rings is 3. The van der Waals surface area contributed by atoms with Crippen molar-refractivity contribution in [2.24, 2.45) is 0 Å². The van der Waals surface area contributed by atoms with Crippen LogP contribution < -0.4 is 32.0 Å². The van der Waals surface area contributed by atoms with E-state index in [0.29, 0.717) is 28.0 Å². The van der Waals surface area contributed by atoms with Crippen LogP contribution in [0.4, 0.5) is 5.69 Å². The molecule has 4 aromatic rings. The monoisotopic (exact) mass is 703 g/mol. The molecule has 2 bridgehead atoms. The lowest BCUT2D eigenvalue weighted by Crippen LogP contribution is -2.59. The third-order valence-electron chi connectivity index (χ3n) is 8.48. The molecule has 6 rings (SSSR count). The number of hydrogen-bond acceptors (Lipinski definition) is 7. The Kier molecular flexibility index (Phi) is 12.6. The number of carboxylic acids is 1. The van der Waals surface area contributed by atoms with Crippen LogP contribution in [0.5, 0.6) is 0 Å². The number of carboxylic acid groups (broad SMARTS) is 1. The van der Waals surface area contributed by atoms with Crippen molar-refractivity contribution >= 4 is 54.5 Å². The van der Waals surface area contributed by atoms with Gasteiger partial charge in [-0.15, -0.1) is 0 Å². The third-order valence-corrected chi connectivity index (χ3v) is 8.48. The second kappa shape index (κ2) is 17.7. The molecule has 0 spiro atoms. The molecule has 2 aliphatic heterocycles. The summed E-state index contributed by atoms with van der Waals surface area (Å²) in [6.45, 7) is 0. The van der Waals surface area contributed by atoms with Crippen LogP contribution in [0.15, 0.2) is 102 Å². The summed E-state index contributed by atoms with van der Waals surface area (Å²) >= 11 is 0. The minimum Gasteiger partial charge on any atom is -0.480 e. The predicted molar refractivity (Wildman–Crippen MR) is 191 cm³/mol. The van der Waals surface area contributed by atoms with Crippen molar-refractivity contribution in [3.05, 3.63) is 120 Å². The van der Waals surface area contributed by atoms with Crippen LogP contribution in [0.2, 0.25) is 0 Å². The fourth-order valence-corrected chi connectivity index (χ4v) is 5.69. The molecule has 0 aliphatic carbocycles. The van der Waals surface area contributed by atoms with Crippen LogP contribution in [0.1, 0.15) is 35.3 Å². The lowest BCUT2D eigenvalue weighted by molar-refractivity contribution is -0.142. The molecule has 6 N–H and O–H groups in total. The van der Waals surface area contributed by atoms with E-state index in [1.807, 2.05) is 6.07 Å². The Morgan fingerprint density at radius 2 is 1.23 bits per heavy atom. The number of carbonyl (C=O) groups excluding carboxylic acids is 5. The van der Waals surface area contributed by atoms with Gasteiger partial charge in [-0.3, -0.25) is 24.0 Å². The Labute approximate surface area is 301 Å². The first-order valence-corrected chi connectivity index (χ1v) is 16.7. The number of fused-ring (bicyclic) bond motifs is 18. The molecule has 2 radical (unpaired) electrons. The van der Waals surface area contributed by atoms with Crippen LogP contribution in [0.25, 0.3) is 0 Å². The van der Waals surface area contributed by atoms with Crippen LogP contribution in [0, 0.1) is 0 Å². The van der Waals surface area contributed by atoms with Gasteiger partial charge in [0.25, 0.3) is 0 Å². The van der Waals surface area contributed by atoms with Crippen LogP contribution in [-0.4, -0.2) is 72.6 Å². The normalized spacial score (nSPS) is 20.7. The van der Waals surface area contributed by atoms with Gasteiger partial charge in [-0.2, -0.15) is 0 Å². The maximum Gasteiger partial charge on any atom is 0.326 e. The van der Waals surface area contributed by atoms with Crippen molar-refractivity contribution in [3.8, 4) is 0 Å². The summed E-state index contributed by atoms with van der Waals surface area (Å²) in [6, 6.07) is 20.2. The van der Waals surface area contributed by atoms with Gasteiger partial charge in [-0.1, -0.05) is 72.2 Å². The Hall–Kier alpha value is -6.18. The molecule has 3 heterocycles. The SMILES string of the molecule is [B]c1ccc(C[C@@H]2NC(=O)[C@@H](Cc3ccccc3)NC(=O)CCC(=O)Nc3ccc(cc3)C[C@H](C(=O)O)NC(=O)[C@@H](Cc3ccco3)NC2=O)cc1. The van der Waals surface area contributed by atoms with E-state index in [-0.39, 0.29) is 38.5 Å². The van der Waals surface area contributed by atoms with E-state index in [2.05, 4.69) is 26.6 Å². The van der Waals surface area contributed by atoms with Crippen molar-refractivity contribution < 1.29 is 38.3 Å². The molecule has 5 amide bonds. The van der Waals surface area contributed by atoms with Gasteiger partial charge in [0.1, 0.15) is 37.8 Å². The van der Waals surface area contributed by atoms with Crippen molar-refractivity contribution in [1.82, 2.24) is 21.3 Å². The summed E-state index contributed by atoms with van der Waals surface area (Å²) in [4.78, 5) is 79.9. The summed E-state index contributed by atoms with van der Waals surface area (Å²) < 4.78 is 5.45. The number of rotatable bonds is 7. The molecule has 4 atom stereocenters. The first-order valence-electron chi connectivity index (χ1n) is 16.7. The average Bonchev–Trinajstić information content (AvgIpc) is 3.64. The smallest absolute Gasteiger partial charge is 0.326 e. The Morgan fingerprint density at radius 3 is 1.85 bits per heavy atom. The number of anilines is 1. The van der Waals surface area contributed by atoms with Crippen LogP contribution in [-0.2, 0) is 54.5 Å². The van der Waals surface area contributed by atoms with E-state index in [1.54, 1.807) is 84.9 Å². The van der Waals surface area contributed by atoms with E-state index in [1.165, 1.54) is 6.26 Å². The number of furan rings is 1. The molecule has 2 aliphatic rings. The van der Waals surface area contributed by atoms with E-state index in [0.717, 1.165) is 5.56 Å². The van der Waals surface area contributed by atoms with E-state index in [4.69, 9.17) is 12.3 Å². The van der Waals surface area contributed by atoms with Gasteiger partial charge in [0.15, 0.2) is 0 Å². The highest BCUT2D eigenvalue weighted by molar-refractivity contribution is 6.32. The first kappa shape index (κ1) is 37.1. The van der Waals surface area contributed by atoms with E-state index >= 15 is 0 Å². The number of hydrogen-bond donors (Lipinski definition) is 6. The molecule has 52 heavy (non-hydrogen) atoms. The summed E-state index contributed by atoms with van der Waals surface area (Å²) in [7, 11) is 5.87. The summed E-state index contributed by atoms with van der Waals surface area (Å²) in [6.07, 6.45) is 0.830. The van der Waals surface area contributed by atoms with Crippen LogP contribution in [0.3, 0.4) is 0 Å². The highest BCUT2D eigenvalue weighted by Gasteiger charge is 2.32. The van der Waals surface area contributed by atoms with Crippen molar-refractivity contribution in [2.75, 3.05) is 5.32 Å². The van der Waals surface area contributed by atoms with Gasteiger partial charge in [0.2, 0.25) is 29.5 Å². The van der Waals surface area contributed by atoms with Gasteiger partial charge in [0, 0.05) is 44.2 Å². The fraction of sp³-hybridized carbons (Fsp3) is 0.263. The lowest BCUT2D eigenvalue weighted by atomic mass is 9.93. The molecule has 266 valence electrons. The van der Waals surface area contributed by atoms with Crippen molar-refractivity contribution in [2.45, 2.75) is 62.7 Å². The molecule has 14 heteroatoms. The fourth-order valence-electron chi connectivity index (χ4n) is 5.69. The summed E-state index contributed by atoms with van der Waals surface area (Å²) in [5, 5.41) is 23.4. The predicted octanol–water partition coefficient (Wildman–Crippen LogP) is 1.10. The Balaban J connectivity index is 1.49. The Morgan fingerprint density at radius 1 is 0.654 bits per heavy atom. The first-order chi connectivity index (χ1) is 25.0. The van der Waals surface area contributed by atoms with Gasteiger partial charge >= 0.3 is 5.97 Å². The van der Waals surface area contributed by atoms with Crippen molar-refractivity contribution in [1.29, 1.82) is 0 Å². The van der Waals surface area contributed by atoms with Gasteiger partial charge in [-0.05, 0) is 41.0 Å². The molecule has 0 saturated carbocycles. The molecule has 13 nitrogen and oxygen atoms in total. The topological polar surface area (TPSA) is 196 Å². The quantitative estimate of drug-likeness (QED) is 0.122. The maximum absolute atomic E-state index is 14.1. The molecule has 3 aromatic carbocycles. The molecule has 0 saturated heterocycles.